The molecule has 16 nitrogen and oxygen atoms in total. The van der Waals surface area contributed by atoms with E-state index in [-0.39, 0.29) is 38.3 Å². The van der Waals surface area contributed by atoms with E-state index in [0.29, 0.717) is 29.4 Å². The molecule has 1 saturated heterocycles. The molecule has 302 valence electrons. The van der Waals surface area contributed by atoms with Crippen LogP contribution in [0.15, 0.2) is 36.9 Å². The summed E-state index contributed by atoms with van der Waals surface area (Å²) in [5.41, 5.74) is 8.83. The SMILES string of the molecule is C=C.C=C(Cl)/C=C\C.C=O.CCCCCC1NC(=O)CCSSCCNC(=O)C(CC(N)=O)NC(=O)C(C)(C)NC(=O)C(CCCNC(N)=O)NC1=O. The van der Waals surface area contributed by atoms with Crippen molar-refractivity contribution in [1.82, 2.24) is 31.9 Å². The average molecular weight is 807 g/mol. The Balaban J connectivity index is -0.00000222. The summed E-state index contributed by atoms with van der Waals surface area (Å²) in [5.74, 6) is -2.79. The number of carbonyl (C=O) groups is 8. The fraction of sp³-hybridized carbons (Fsp3) is 0.588. The number of primary amides is 2. The average Bonchev–Trinajstić information content (AvgIpc) is 3.09. The molecule has 3 atom stereocenters. The van der Waals surface area contributed by atoms with Crippen LogP contribution in [-0.2, 0) is 33.6 Å². The van der Waals surface area contributed by atoms with Crippen molar-refractivity contribution < 1.29 is 38.4 Å². The van der Waals surface area contributed by atoms with Crippen molar-refractivity contribution in [2.45, 2.75) is 103 Å². The molecule has 0 aromatic rings. The largest absolute Gasteiger partial charge is 0.370 e. The second kappa shape index (κ2) is 32.6. The molecule has 19 heteroatoms. The Bertz CT molecular complexity index is 1210. The van der Waals surface area contributed by atoms with Crippen LogP contribution < -0.4 is 43.4 Å². The molecule has 0 saturated carbocycles. The fourth-order valence-corrected chi connectivity index (χ4v) is 6.19. The van der Waals surface area contributed by atoms with Gasteiger partial charge in [0, 0.05) is 36.0 Å². The van der Waals surface area contributed by atoms with E-state index < -0.39 is 65.7 Å². The van der Waals surface area contributed by atoms with E-state index in [0.717, 1.165) is 12.8 Å². The van der Waals surface area contributed by atoms with Crippen molar-refractivity contribution in [3.05, 3.63) is 36.9 Å². The van der Waals surface area contributed by atoms with Gasteiger partial charge in [0.1, 0.15) is 30.5 Å². The van der Waals surface area contributed by atoms with E-state index in [1.807, 2.05) is 26.7 Å². The summed E-state index contributed by atoms with van der Waals surface area (Å²) in [6.45, 7) is 18.5. The summed E-state index contributed by atoms with van der Waals surface area (Å²) < 4.78 is 0. The molecular weight excluding hydrogens is 748 g/mol. The molecule has 0 bridgehead atoms. The molecule has 1 rings (SSSR count). The van der Waals surface area contributed by atoms with Gasteiger partial charge in [-0.3, -0.25) is 28.8 Å². The lowest BCUT2D eigenvalue weighted by Crippen LogP contribution is -2.62. The van der Waals surface area contributed by atoms with Gasteiger partial charge in [0.05, 0.1) is 6.42 Å². The Morgan fingerprint density at radius 1 is 0.906 bits per heavy atom. The van der Waals surface area contributed by atoms with Crippen LogP contribution in [0.3, 0.4) is 0 Å². The maximum Gasteiger partial charge on any atom is 0.312 e. The predicted octanol–water partition coefficient (Wildman–Crippen LogP) is 2.07. The molecule has 1 aliphatic rings. The lowest BCUT2D eigenvalue weighted by atomic mass is 10.0. The molecule has 0 spiro atoms. The standard InChI is InChI=1S/C26H46N8O7S2.C5H7Cl.C2H4.CH2O/c1-4-5-6-8-16-22(38)32-17(9-7-11-30-25(28)41)23(39)34-26(2,3)24(40)33-18(15-19(27)35)21(37)29-12-14-43-42-13-10-20(36)31-16;1-3-4-5(2)6;2*1-2/h16-18H,4-15H2,1-3H3,(H2,27,35)(H,29,37)(H,31,36)(H,32,38)(H,33,40)(H,34,39)(H3,28,30,41);3-4H,2H2,1H3;1-2H2;1H2/b;4-3-;;. The minimum absolute atomic E-state index is 0.0751. The molecular formula is C34H59ClN8O8S2. The Morgan fingerprint density at radius 3 is 2.02 bits per heavy atom. The number of allylic oxidation sites excluding steroid dienone is 3. The number of halogens is 1. The van der Waals surface area contributed by atoms with Crippen molar-refractivity contribution in [2.75, 3.05) is 24.6 Å². The number of carbonyl (C=O) groups excluding carboxylic acids is 8. The number of urea groups is 1. The smallest absolute Gasteiger partial charge is 0.312 e. The third-order valence-corrected chi connectivity index (χ3v) is 9.24. The summed E-state index contributed by atoms with van der Waals surface area (Å²) in [7, 11) is 2.86. The van der Waals surface area contributed by atoms with Crippen LogP contribution in [0.1, 0.15) is 79.1 Å². The normalized spacial score (nSPS) is 19.9. The van der Waals surface area contributed by atoms with Gasteiger partial charge in [-0.2, -0.15) is 0 Å². The lowest BCUT2D eigenvalue weighted by Gasteiger charge is -2.30. The third-order valence-electron chi connectivity index (χ3n) is 6.71. The van der Waals surface area contributed by atoms with Crippen LogP contribution in [0, 0.1) is 0 Å². The number of nitrogens with one attached hydrogen (secondary N) is 6. The highest BCUT2D eigenvalue weighted by Crippen LogP contribution is 2.21. The van der Waals surface area contributed by atoms with E-state index >= 15 is 0 Å². The molecule has 1 heterocycles. The van der Waals surface area contributed by atoms with Gasteiger partial charge in [-0.1, -0.05) is 72.0 Å². The summed E-state index contributed by atoms with van der Waals surface area (Å²) in [6, 6.07) is -4.02. The molecule has 1 fully saturated rings. The topological polar surface area (TPSA) is 261 Å². The summed E-state index contributed by atoms with van der Waals surface area (Å²) >= 11 is 5.30. The van der Waals surface area contributed by atoms with Crippen molar-refractivity contribution >= 4 is 81.5 Å². The summed E-state index contributed by atoms with van der Waals surface area (Å²) in [4.78, 5) is 96.0. The monoisotopic (exact) mass is 806 g/mol. The van der Waals surface area contributed by atoms with Gasteiger partial charge in [0.2, 0.25) is 35.4 Å². The zero-order valence-electron chi connectivity index (χ0n) is 31.3. The van der Waals surface area contributed by atoms with Crippen molar-refractivity contribution in [2.24, 2.45) is 11.5 Å². The second-order valence-electron chi connectivity index (χ2n) is 11.6. The van der Waals surface area contributed by atoms with E-state index in [1.54, 1.807) is 6.08 Å². The van der Waals surface area contributed by atoms with E-state index in [2.05, 4.69) is 51.6 Å². The molecule has 0 radical (unpaired) electrons. The quantitative estimate of drug-likeness (QED) is 0.0653. The van der Waals surface area contributed by atoms with Gasteiger partial charge < -0.3 is 48.2 Å². The van der Waals surface area contributed by atoms with Crippen LogP contribution in [-0.4, -0.2) is 96.5 Å². The van der Waals surface area contributed by atoms with Crippen LogP contribution >= 0.6 is 33.2 Å². The van der Waals surface area contributed by atoms with Crippen LogP contribution in [0.2, 0.25) is 0 Å². The first-order valence-corrected chi connectivity index (χ1v) is 19.7. The van der Waals surface area contributed by atoms with Gasteiger partial charge in [-0.15, -0.1) is 13.2 Å². The van der Waals surface area contributed by atoms with Gasteiger partial charge >= 0.3 is 6.03 Å². The Hall–Kier alpha value is -4.03. The Morgan fingerprint density at radius 2 is 1.49 bits per heavy atom. The van der Waals surface area contributed by atoms with Gasteiger partial charge in [0.25, 0.3) is 0 Å². The van der Waals surface area contributed by atoms with Gasteiger partial charge in [0.15, 0.2) is 0 Å². The predicted molar refractivity (Wildman–Crippen MR) is 214 cm³/mol. The molecule has 0 aliphatic carbocycles. The van der Waals surface area contributed by atoms with E-state index in [4.69, 9.17) is 27.9 Å². The summed E-state index contributed by atoms with van der Waals surface area (Å²) in [6.07, 6.45) is 6.44. The van der Waals surface area contributed by atoms with Crippen molar-refractivity contribution in [1.29, 1.82) is 0 Å². The maximum absolute atomic E-state index is 13.4. The van der Waals surface area contributed by atoms with Crippen molar-refractivity contribution in [3.8, 4) is 0 Å². The Labute approximate surface area is 326 Å². The maximum atomic E-state index is 13.4. The molecule has 8 amide bonds. The third kappa shape index (κ3) is 28.2. The summed E-state index contributed by atoms with van der Waals surface area (Å²) in [5, 5.41) is 16.2. The highest BCUT2D eigenvalue weighted by atomic mass is 35.5. The Kier molecular flexibility index (Phi) is 32.8. The zero-order valence-corrected chi connectivity index (χ0v) is 33.7. The number of unbranched alkanes of at least 4 members (excludes halogenated alkanes) is 2. The molecule has 1 aliphatic heterocycles. The molecule has 53 heavy (non-hydrogen) atoms. The first kappa shape index (κ1) is 53.3. The molecule has 3 unspecified atom stereocenters. The highest BCUT2D eigenvalue weighted by Gasteiger charge is 2.36. The molecule has 10 N–H and O–H groups in total. The first-order chi connectivity index (χ1) is 25.0. The number of hydrogen-bond donors (Lipinski definition) is 8. The number of nitrogens with two attached hydrogens (primary N) is 2. The molecule has 0 aromatic carbocycles. The lowest BCUT2D eigenvalue weighted by molar-refractivity contribution is -0.137. The number of amides is 8. The first-order valence-electron chi connectivity index (χ1n) is 16.9. The van der Waals surface area contributed by atoms with Crippen LogP contribution in [0.25, 0.3) is 0 Å². The van der Waals surface area contributed by atoms with Crippen LogP contribution in [0.5, 0.6) is 0 Å². The minimum atomic E-state index is -1.58. The highest BCUT2D eigenvalue weighted by molar-refractivity contribution is 8.76. The van der Waals surface area contributed by atoms with Gasteiger partial charge in [-0.25, -0.2) is 4.79 Å². The van der Waals surface area contributed by atoms with Crippen LogP contribution in [0.4, 0.5) is 4.79 Å². The zero-order chi connectivity index (χ0) is 41.4. The van der Waals surface area contributed by atoms with Gasteiger partial charge in [-0.05, 0) is 46.1 Å². The van der Waals surface area contributed by atoms with E-state index in [1.165, 1.54) is 35.4 Å². The number of rotatable bonds is 11. The second-order valence-corrected chi connectivity index (χ2v) is 14.7. The van der Waals surface area contributed by atoms with E-state index in [9.17, 15) is 33.6 Å². The minimum Gasteiger partial charge on any atom is -0.370 e. The molecule has 0 aromatic heterocycles. The fourth-order valence-electron chi connectivity index (χ4n) is 4.17. The van der Waals surface area contributed by atoms with Crippen molar-refractivity contribution in [3.63, 3.8) is 0 Å². The number of hydrogen-bond acceptors (Lipinski definition) is 10.